The number of alkyl carbamates (subject to hydrolysis) is 1. The number of carbonyl (C=O) groups is 4. The summed E-state index contributed by atoms with van der Waals surface area (Å²) < 4.78 is 26.0. The minimum absolute atomic E-state index is 0.0375. The maximum atomic E-state index is 14.4. The molecule has 0 radical (unpaired) electrons. The van der Waals surface area contributed by atoms with Crippen LogP contribution in [0.4, 0.5) is 15.0 Å². The fourth-order valence-electron chi connectivity index (χ4n) is 7.19. The molecule has 3 aliphatic heterocycles. The van der Waals surface area contributed by atoms with Crippen molar-refractivity contribution in [3.05, 3.63) is 81.9 Å². The number of carbonyl (C=O) groups excluding carboxylic acids is 4. The molecule has 3 aromatic rings. The number of benzene rings is 2. The molecule has 1 aromatic heterocycles. The van der Waals surface area contributed by atoms with Crippen LogP contribution in [0.2, 0.25) is 0 Å². The first-order valence-corrected chi connectivity index (χ1v) is 18.2. The Kier molecular flexibility index (Phi) is 10.9. The highest BCUT2D eigenvalue weighted by Crippen LogP contribution is 2.36. The third-order valence-electron chi connectivity index (χ3n) is 9.71. The summed E-state index contributed by atoms with van der Waals surface area (Å²) in [5.41, 5.74) is 3.89. The SMILES string of the molecule is CCN(C(=O)c1cc(F)ccc1Oc1nncnc1N1CC2=C(CN(C(=O)C[C@@H](Cc3cccc4c3CN(C)C4=O)NC(=O)OC(C)(C)C)C2)C1)C(C)C. The monoisotopic (exact) mass is 742 g/mol. The summed E-state index contributed by atoms with van der Waals surface area (Å²) >= 11 is 0. The van der Waals surface area contributed by atoms with Crippen LogP contribution in [0.5, 0.6) is 11.6 Å². The molecule has 0 aliphatic carbocycles. The van der Waals surface area contributed by atoms with Gasteiger partial charge in [0.2, 0.25) is 5.91 Å². The Labute approximate surface area is 314 Å². The molecule has 1 N–H and O–H groups in total. The molecule has 1 atom stereocenters. The summed E-state index contributed by atoms with van der Waals surface area (Å²) in [6.07, 6.45) is 1.08. The van der Waals surface area contributed by atoms with Gasteiger partial charge >= 0.3 is 6.09 Å². The van der Waals surface area contributed by atoms with Crippen molar-refractivity contribution in [1.82, 2.24) is 35.2 Å². The lowest BCUT2D eigenvalue weighted by molar-refractivity contribution is -0.130. The number of ether oxygens (including phenoxy) is 2. The van der Waals surface area contributed by atoms with Crippen molar-refractivity contribution in [3.63, 3.8) is 0 Å². The quantitative estimate of drug-likeness (QED) is 0.273. The molecule has 15 heteroatoms. The molecule has 0 spiro atoms. The number of fused-ring (bicyclic) bond motifs is 1. The Hall–Kier alpha value is -5.60. The highest BCUT2D eigenvalue weighted by Gasteiger charge is 2.36. The first kappa shape index (κ1) is 38.1. The number of aromatic nitrogens is 3. The van der Waals surface area contributed by atoms with E-state index in [4.69, 9.17) is 9.47 Å². The van der Waals surface area contributed by atoms with Gasteiger partial charge in [-0.15, -0.1) is 10.2 Å². The van der Waals surface area contributed by atoms with Crippen LogP contribution in [0, 0.1) is 5.82 Å². The van der Waals surface area contributed by atoms with E-state index in [1.54, 1.807) is 48.6 Å². The van der Waals surface area contributed by atoms with E-state index < -0.39 is 23.6 Å². The summed E-state index contributed by atoms with van der Waals surface area (Å²) in [4.78, 5) is 64.3. The summed E-state index contributed by atoms with van der Waals surface area (Å²) in [6.45, 7) is 13.6. The Balaban J connectivity index is 1.13. The standard InChI is InChI=1S/C39H47FN8O6/c1-8-48(23(2)3)37(51)30-15-27(40)12-13-32(30)53-35-34(41-22-42-44-35)47-19-25-17-46(18-26(25)20-47)33(49)16-28(43-38(52)54-39(4,5)6)14-24-10-9-11-29-31(24)21-45(7)36(29)50/h9-13,15,22-23,28H,8,14,16-21H2,1-7H3,(H,43,52)/t28-/m1/s1. The molecule has 14 nitrogen and oxygen atoms in total. The Bertz CT molecular complexity index is 1980. The zero-order valence-electron chi connectivity index (χ0n) is 31.8. The van der Waals surface area contributed by atoms with Gasteiger partial charge in [-0.1, -0.05) is 12.1 Å². The van der Waals surface area contributed by atoms with Crippen LogP contribution in [-0.2, 0) is 22.5 Å². The molecule has 3 aliphatic rings. The molecule has 0 saturated heterocycles. The van der Waals surface area contributed by atoms with Crippen LogP contribution in [0.1, 0.15) is 79.8 Å². The van der Waals surface area contributed by atoms with Gasteiger partial charge in [-0.2, -0.15) is 0 Å². The van der Waals surface area contributed by atoms with Gasteiger partial charge in [-0.05, 0) is 94.5 Å². The number of nitrogens with zero attached hydrogens (tertiary/aromatic N) is 7. The number of rotatable bonds is 11. The lowest BCUT2D eigenvalue weighted by Gasteiger charge is -2.27. The van der Waals surface area contributed by atoms with Crippen molar-refractivity contribution in [1.29, 1.82) is 0 Å². The van der Waals surface area contributed by atoms with Crippen molar-refractivity contribution in [2.75, 3.05) is 44.7 Å². The molecule has 0 saturated carbocycles. The molecule has 286 valence electrons. The van der Waals surface area contributed by atoms with E-state index in [1.165, 1.54) is 18.5 Å². The highest BCUT2D eigenvalue weighted by atomic mass is 19.1. The summed E-state index contributed by atoms with van der Waals surface area (Å²) in [6, 6.07) is 8.65. The molecule has 4 amide bonds. The Morgan fingerprint density at radius 1 is 1.04 bits per heavy atom. The largest absolute Gasteiger partial charge is 0.444 e. The van der Waals surface area contributed by atoms with E-state index in [9.17, 15) is 23.6 Å². The molecule has 0 fully saturated rings. The van der Waals surface area contributed by atoms with Crippen molar-refractivity contribution in [3.8, 4) is 11.6 Å². The van der Waals surface area contributed by atoms with Gasteiger partial charge < -0.3 is 34.4 Å². The third-order valence-corrected chi connectivity index (χ3v) is 9.71. The summed E-state index contributed by atoms with van der Waals surface area (Å²) in [5.74, 6) is -0.514. The maximum Gasteiger partial charge on any atom is 0.407 e. The van der Waals surface area contributed by atoms with Gasteiger partial charge in [0.15, 0.2) is 5.82 Å². The highest BCUT2D eigenvalue weighted by molar-refractivity contribution is 5.98. The van der Waals surface area contributed by atoms with Gasteiger partial charge in [0.25, 0.3) is 17.7 Å². The predicted molar refractivity (Wildman–Crippen MR) is 198 cm³/mol. The maximum absolute atomic E-state index is 14.4. The molecular weight excluding hydrogens is 695 g/mol. The lowest BCUT2D eigenvalue weighted by atomic mass is 9.96. The van der Waals surface area contributed by atoms with Crippen LogP contribution in [0.3, 0.4) is 0 Å². The van der Waals surface area contributed by atoms with Crippen LogP contribution < -0.4 is 15.0 Å². The lowest BCUT2D eigenvalue weighted by Crippen LogP contribution is -2.44. The number of hydrogen-bond acceptors (Lipinski definition) is 10. The van der Waals surface area contributed by atoms with Gasteiger partial charge in [0, 0.05) is 70.4 Å². The number of amides is 4. The normalized spacial score (nSPS) is 15.8. The van der Waals surface area contributed by atoms with Crippen LogP contribution in [0.25, 0.3) is 0 Å². The number of anilines is 1. The van der Waals surface area contributed by atoms with Crippen LogP contribution >= 0.6 is 0 Å². The fraction of sp³-hybridized carbons (Fsp3) is 0.462. The topological polar surface area (TPSA) is 150 Å². The van der Waals surface area contributed by atoms with E-state index in [1.807, 2.05) is 37.8 Å². The van der Waals surface area contributed by atoms with E-state index in [-0.39, 0.29) is 47.4 Å². The molecule has 54 heavy (non-hydrogen) atoms. The first-order chi connectivity index (χ1) is 25.6. The number of nitrogens with one attached hydrogen (secondary N) is 1. The predicted octanol–water partition coefficient (Wildman–Crippen LogP) is 4.74. The Morgan fingerprint density at radius 2 is 1.76 bits per heavy atom. The fourth-order valence-corrected chi connectivity index (χ4v) is 7.19. The van der Waals surface area contributed by atoms with Crippen LogP contribution in [-0.4, -0.2) is 111 Å². The van der Waals surface area contributed by atoms with Crippen molar-refractivity contribution in [2.45, 2.75) is 78.6 Å². The zero-order chi connectivity index (χ0) is 38.9. The second kappa shape index (κ2) is 15.4. The smallest absolute Gasteiger partial charge is 0.407 e. The molecule has 4 heterocycles. The van der Waals surface area contributed by atoms with Crippen molar-refractivity contribution in [2.24, 2.45) is 0 Å². The van der Waals surface area contributed by atoms with Crippen molar-refractivity contribution < 1.29 is 33.0 Å². The Morgan fingerprint density at radius 3 is 2.43 bits per heavy atom. The minimum atomic E-state index is -0.722. The van der Waals surface area contributed by atoms with E-state index >= 15 is 0 Å². The van der Waals surface area contributed by atoms with E-state index in [0.29, 0.717) is 57.1 Å². The van der Waals surface area contributed by atoms with Gasteiger partial charge in [0.05, 0.1) is 5.56 Å². The van der Waals surface area contributed by atoms with Gasteiger partial charge in [-0.3, -0.25) is 14.4 Å². The van der Waals surface area contributed by atoms with Crippen molar-refractivity contribution >= 4 is 29.6 Å². The molecule has 6 rings (SSSR count). The van der Waals surface area contributed by atoms with Crippen LogP contribution in [0.15, 0.2) is 53.9 Å². The average Bonchev–Trinajstić information content (AvgIpc) is 3.77. The summed E-state index contributed by atoms with van der Waals surface area (Å²) in [7, 11) is 1.75. The second-order valence-corrected chi connectivity index (χ2v) is 15.2. The number of hydrogen-bond donors (Lipinski definition) is 1. The first-order valence-electron chi connectivity index (χ1n) is 18.2. The van der Waals surface area contributed by atoms with E-state index in [0.717, 1.165) is 28.3 Å². The molecule has 0 unspecified atom stereocenters. The zero-order valence-corrected chi connectivity index (χ0v) is 31.8. The summed E-state index contributed by atoms with van der Waals surface area (Å²) in [5, 5.41) is 11.0. The molecular formula is C39H47FN8O6. The average molecular weight is 743 g/mol. The molecule has 2 aromatic carbocycles. The second-order valence-electron chi connectivity index (χ2n) is 15.2. The minimum Gasteiger partial charge on any atom is -0.444 e. The number of halogens is 1. The third kappa shape index (κ3) is 8.29. The molecule has 0 bridgehead atoms. The van der Waals surface area contributed by atoms with Gasteiger partial charge in [-0.25, -0.2) is 14.2 Å². The van der Waals surface area contributed by atoms with E-state index in [2.05, 4.69) is 20.5 Å². The van der Waals surface area contributed by atoms with Gasteiger partial charge in [0.1, 0.15) is 23.5 Å².